The quantitative estimate of drug-likeness (QED) is 0.827. The van der Waals surface area contributed by atoms with Crippen LogP contribution in [0.15, 0.2) is 35.2 Å². The summed E-state index contributed by atoms with van der Waals surface area (Å²) in [6, 6.07) is 9.56. The topological polar surface area (TPSA) is 57.8 Å². The zero-order valence-corrected chi connectivity index (χ0v) is 12.8. The number of carbonyl (C=O) groups excluding carboxylic acids is 1. The van der Waals surface area contributed by atoms with E-state index in [0.717, 1.165) is 17.8 Å². The molecule has 1 aromatic carbocycles. The van der Waals surface area contributed by atoms with E-state index in [1.54, 1.807) is 11.8 Å². The number of nitrogens with one attached hydrogen (secondary N) is 2. The van der Waals surface area contributed by atoms with Gasteiger partial charge in [0.25, 0.3) is 5.91 Å². The van der Waals surface area contributed by atoms with Crippen LogP contribution in [0.25, 0.3) is 0 Å². The maximum atomic E-state index is 12.1. The highest BCUT2D eigenvalue weighted by atomic mass is 32.2. The normalized spacial score (nSPS) is 10.8. The Hall–Kier alpha value is -1.75. The van der Waals surface area contributed by atoms with Gasteiger partial charge in [-0.25, -0.2) is 0 Å². The Bertz CT molecular complexity index is 575. The third kappa shape index (κ3) is 3.87. The number of carbonyl (C=O) groups is 1. The first-order valence-corrected chi connectivity index (χ1v) is 7.80. The van der Waals surface area contributed by atoms with Crippen LogP contribution in [-0.4, -0.2) is 22.4 Å². The number of benzene rings is 1. The molecule has 4 nitrogen and oxygen atoms in total. The van der Waals surface area contributed by atoms with Crippen molar-refractivity contribution in [2.45, 2.75) is 25.2 Å². The van der Waals surface area contributed by atoms with Crippen LogP contribution >= 0.6 is 11.8 Å². The van der Waals surface area contributed by atoms with Crippen LogP contribution in [0.5, 0.6) is 0 Å². The summed E-state index contributed by atoms with van der Waals surface area (Å²) in [4.78, 5) is 13.2. The first-order chi connectivity index (χ1) is 9.58. The lowest BCUT2D eigenvalue weighted by molar-refractivity contribution is 0.102. The van der Waals surface area contributed by atoms with E-state index in [2.05, 4.69) is 29.4 Å². The average molecular weight is 289 g/mol. The third-order valence-corrected chi connectivity index (χ3v) is 3.58. The van der Waals surface area contributed by atoms with Crippen LogP contribution in [0.3, 0.4) is 0 Å². The standard InChI is InChI=1S/C15H19N3OS/c1-10(2)8-12-9-14(18-17-12)15(19)16-11-4-6-13(20-3)7-5-11/h4-7,9-10H,8H2,1-3H3,(H,16,19)(H,17,18). The molecule has 0 aliphatic carbocycles. The van der Waals surface area contributed by atoms with Crippen LogP contribution in [0.2, 0.25) is 0 Å². The smallest absolute Gasteiger partial charge is 0.276 e. The number of aromatic nitrogens is 2. The van der Waals surface area contributed by atoms with Gasteiger partial charge in [-0.1, -0.05) is 13.8 Å². The van der Waals surface area contributed by atoms with Crippen molar-refractivity contribution in [3.05, 3.63) is 41.7 Å². The highest BCUT2D eigenvalue weighted by molar-refractivity contribution is 7.98. The fraction of sp³-hybridized carbons (Fsp3) is 0.333. The fourth-order valence-corrected chi connectivity index (χ4v) is 2.30. The molecule has 1 heterocycles. The van der Waals surface area contributed by atoms with Crippen LogP contribution in [0.1, 0.15) is 30.0 Å². The predicted octanol–water partition coefficient (Wildman–Crippen LogP) is 3.58. The van der Waals surface area contributed by atoms with E-state index in [-0.39, 0.29) is 5.91 Å². The molecule has 0 aliphatic rings. The molecule has 0 saturated heterocycles. The molecular weight excluding hydrogens is 270 g/mol. The lowest BCUT2D eigenvalue weighted by Crippen LogP contribution is -2.12. The van der Waals surface area contributed by atoms with Crippen molar-refractivity contribution in [1.29, 1.82) is 0 Å². The Balaban J connectivity index is 2.01. The van der Waals surface area contributed by atoms with Crippen molar-refractivity contribution in [2.24, 2.45) is 5.92 Å². The maximum Gasteiger partial charge on any atom is 0.276 e. The predicted molar refractivity (Wildman–Crippen MR) is 83.3 cm³/mol. The van der Waals surface area contributed by atoms with Crippen molar-refractivity contribution >= 4 is 23.4 Å². The number of amides is 1. The van der Waals surface area contributed by atoms with Gasteiger partial charge in [-0.15, -0.1) is 11.8 Å². The number of hydrogen-bond acceptors (Lipinski definition) is 3. The Labute approximate surface area is 123 Å². The summed E-state index contributed by atoms with van der Waals surface area (Å²) in [6.45, 7) is 4.27. The van der Waals surface area contributed by atoms with Crippen LogP contribution in [0.4, 0.5) is 5.69 Å². The minimum Gasteiger partial charge on any atom is -0.321 e. The molecule has 0 unspecified atom stereocenters. The fourth-order valence-electron chi connectivity index (χ4n) is 1.89. The molecule has 5 heteroatoms. The van der Waals surface area contributed by atoms with Gasteiger partial charge in [0.2, 0.25) is 0 Å². The van der Waals surface area contributed by atoms with E-state index in [1.807, 2.05) is 36.6 Å². The van der Waals surface area contributed by atoms with Crippen LogP contribution in [-0.2, 0) is 6.42 Å². The molecule has 0 atom stereocenters. The van der Waals surface area contributed by atoms with Crippen molar-refractivity contribution in [3.63, 3.8) is 0 Å². The Morgan fingerprint density at radius 3 is 2.65 bits per heavy atom. The second kappa shape index (κ2) is 6.61. The molecule has 2 rings (SSSR count). The summed E-state index contributed by atoms with van der Waals surface area (Å²) in [6.07, 6.45) is 2.91. The molecule has 0 radical (unpaired) electrons. The van der Waals surface area contributed by atoms with E-state index in [4.69, 9.17) is 0 Å². The number of hydrogen-bond donors (Lipinski definition) is 2. The molecule has 2 N–H and O–H groups in total. The number of anilines is 1. The number of H-pyrrole nitrogens is 1. The summed E-state index contributed by atoms with van der Waals surface area (Å²) >= 11 is 1.67. The molecule has 2 aromatic rings. The van der Waals surface area contributed by atoms with E-state index in [0.29, 0.717) is 11.6 Å². The second-order valence-corrected chi connectivity index (χ2v) is 5.94. The first-order valence-electron chi connectivity index (χ1n) is 6.58. The average Bonchev–Trinajstić information content (AvgIpc) is 2.87. The molecule has 1 aromatic heterocycles. The zero-order chi connectivity index (χ0) is 14.5. The number of thioether (sulfide) groups is 1. The van der Waals surface area contributed by atoms with E-state index >= 15 is 0 Å². The number of rotatable bonds is 5. The summed E-state index contributed by atoms with van der Waals surface area (Å²) in [5.41, 5.74) is 2.19. The largest absolute Gasteiger partial charge is 0.321 e. The van der Waals surface area contributed by atoms with Gasteiger partial charge >= 0.3 is 0 Å². The molecule has 0 fully saturated rings. The summed E-state index contributed by atoms with van der Waals surface area (Å²) in [5, 5.41) is 9.81. The Morgan fingerprint density at radius 1 is 1.35 bits per heavy atom. The highest BCUT2D eigenvalue weighted by Crippen LogP contribution is 2.18. The van der Waals surface area contributed by atoms with Crippen LogP contribution < -0.4 is 5.32 Å². The number of aromatic amines is 1. The zero-order valence-electron chi connectivity index (χ0n) is 11.9. The second-order valence-electron chi connectivity index (χ2n) is 5.06. The summed E-state index contributed by atoms with van der Waals surface area (Å²) in [5.74, 6) is 0.346. The van der Waals surface area contributed by atoms with Gasteiger partial charge in [-0.2, -0.15) is 5.10 Å². The van der Waals surface area contributed by atoms with Crippen LogP contribution in [0, 0.1) is 5.92 Å². The summed E-state index contributed by atoms with van der Waals surface area (Å²) in [7, 11) is 0. The van der Waals surface area contributed by atoms with Crippen molar-refractivity contribution in [2.75, 3.05) is 11.6 Å². The van der Waals surface area contributed by atoms with Gasteiger partial charge < -0.3 is 5.32 Å². The molecule has 0 bridgehead atoms. The number of nitrogens with zero attached hydrogens (tertiary/aromatic N) is 1. The van der Waals surface area contributed by atoms with Gasteiger partial charge in [0.05, 0.1) is 0 Å². The molecule has 0 aliphatic heterocycles. The van der Waals surface area contributed by atoms with E-state index < -0.39 is 0 Å². The Morgan fingerprint density at radius 2 is 2.05 bits per heavy atom. The lowest BCUT2D eigenvalue weighted by Gasteiger charge is -2.03. The van der Waals surface area contributed by atoms with Crippen molar-refractivity contribution < 1.29 is 4.79 Å². The van der Waals surface area contributed by atoms with Gasteiger partial charge in [0.15, 0.2) is 5.69 Å². The van der Waals surface area contributed by atoms with E-state index in [9.17, 15) is 4.79 Å². The van der Waals surface area contributed by atoms with Gasteiger partial charge in [-0.05, 0) is 48.9 Å². The molecule has 106 valence electrons. The van der Waals surface area contributed by atoms with Gasteiger partial charge in [0, 0.05) is 16.3 Å². The molecule has 20 heavy (non-hydrogen) atoms. The monoisotopic (exact) mass is 289 g/mol. The molecular formula is C15H19N3OS. The van der Waals surface area contributed by atoms with E-state index in [1.165, 1.54) is 4.90 Å². The lowest BCUT2D eigenvalue weighted by atomic mass is 10.1. The van der Waals surface area contributed by atoms with Crippen molar-refractivity contribution in [3.8, 4) is 0 Å². The first kappa shape index (κ1) is 14.7. The van der Waals surface area contributed by atoms with Gasteiger partial charge in [-0.3, -0.25) is 9.89 Å². The highest BCUT2D eigenvalue weighted by Gasteiger charge is 2.11. The minimum atomic E-state index is -0.187. The SMILES string of the molecule is CSc1ccc(NC(=O)c2cc(CC(C)C)[nH]n2)cc1. The van der Waals surface area contributed by atoms with Crippen molar-refractivity contribution in [1.82, 2.24) is 10.2 Å². The maximum absolute atomic E-state index is 12.1. The molecule has 0 spiro atoms. The summed E-state index contributed by atoms with van der Waals surface area (Å²) < 4.78 is 0. The van der Waals surface area contributed by atoms with Gasteiger partial charge in [0.1, 0.15) is 0 Å². The minimum absolute atomic E-state index is 0.187. The Kier molecular flexibility index (Phi) is 4.84. The molecule has 1 amide bonds. The third-order valence-electron chi connectivity index (χ3n) is 2.84. The molecule has 0 saturated carbocycles.